The van der Waals surface area contributed by atoms with Gasteiger partial charge in [-0.1, -0.05) is 60.7 Å². The Morgan fingerprint density at radius 2 is 1.61 bits per heavy atom. The van der Waals surface area contributed by atoms with Crippen molar-refractivity contribution < 1.29 is 5.11 Å². The highest BCUT2D eigenvalue weighted by molar-refractivity contribution is 5.69. The molecule has 0 spiro atoms. The van der Waals surface area contributed by atoms with Crippen molar-refractivity contribution in [2.75, 3.05) is 20.6 Å². The van der Waals surface area contributed by atoms with Crippen LogP contribution >= 0.6 is 0 Å². The maximum absolute atomic E-state index is 10.4. The lowest BCUT2D eigenvalue weighted by atomic mass is 10.0. The summed E-state index contributed by atoms with van der Waals surface area (Å²) in [4.78, 5) is 2.18. The summed E-state index contributed by atoms with van der Waals surface area (Å²) in [5, 5.41) is 10.4. The summed E-state index contributed by atoms with van der Waals surface area (Å²) in [6.07, 6.45) is 6.81. The van der Waals surface area contributed by atoms with Crippen LogP contribution in [-0.2, 0) is 0 Å². The topological polar surface area (TPSA) is 23.5 Å². The molecule has 0 radical (unpaired) electrons. The van der Waals surface area contributed by atoms with Crippen LogP contribution in [0.4, 0.5) is 0 Å². The minimum absolute atomic E-state index is 0.373. The van der Waals surface area contributed by atoms with Gasteiger partial charge in [-0.25, -0.2) is 0 Å². The van der Waals surface area contributed by atoms with E-state index < -0.39 is 0 Å². The molecule has 1 N–H and O–H groups in total. The first kappa shape index (κ1) is 17.5. The lowest BCUT2D eigenvalue weighted by Gasteiger charge is -2.13. The Hall–Kier alpha value is -1.90. The second-order valence-electron chi connectivity index (χ2n) is 6.23. The fourth-order valence-corrected chi connectivity index (χ4v) is 2.56. The Balaban J connectivity index is 1.92. The van der Waals surface area contributed by atoms with E-state index in [0.717, 1.165) is 36.9 Å². The highest BCUT2D eigenvalue weighted by Gasteiger charge is 2.07. The van der Waals surface area contributed by atoms with Crippen LogP contribution in [-0.4, -0.2) is 30.6 Å². The zero-order valence-corrected chi connectivity index (χ0v) is 14.2. The normalized spacial score (nSPS) is 12.9. The van der Waals surface area contributed by atoms with E-state index in [-0.39, 0.29) is 6.10 Å². The van der Waals surface area contributed by atoms with Crippen LogP contribution in [0.25, 0.3) is 12.2 Å². The van der Waals surface area contributed by atoms with Crippen LogP contribution < -0.4 is 0 Å². The van der Waals surface area contributed by atoms with Gasteiger partial charge in [0.2, 0.25) is 0 Å². The van der Waals surface area contributed by atoms with Crippen molar-refractivity contribution in [1.29, 1.82) is 0 Å². The standard InChI is InChI=1S/C21H27NO/c1-22(2)16-7-6-13-21(23)20-12-8-11-19(17-20)15-14-18-9-4-3-5-10-18/h3-5,8-12,14-15,17,21,23H,6-7,13,16H2,1-2H3/b15-14+. The van der Waals surface area contributed by atoms with Gasteiger partial charge in [-0.3, -0.25) is 0 Å². The summed E-state index contributed by atoms with van der Waals surface area (Å²) in [7, 11) is 4.16. The van der Waals surface area contributed by atoms with Crippen LogP contribution in [0.15, 0.2) is 54.6 Å². The van der Waals surface area contributed by atoms with Crippen LogP contribution in [0.3, 0.4) is 0 Å². The zero-order valence-electron chi connectivity index (χ0n) is 14.2. The molecule has 2 nitrogen and oxygen atoms in total. The molecule has 0 aliphatic rings. The van der Waals surface area contributed by atoms with E-state index in [1.807, 2.05) is 30.3 Å². The number of hydrogen-bond acceptors (Lipinski definition) is 2. The number of benzene rings is 2. The summed E-state index contributed by atoms with van der Waals surface area (Å²) >= 11 is 0. The Labute approximate surface area is 140 Å². The van der Waals surface area contributed by atoms with E-state index in [4.69, 9.17) is 0 Å². The highest BCUT2D eigenvalue weighted by atomic mass is 16.3. The monoisotopic (exact) mass is 309 g/mol. The molecule has 0 amide bonds. The van der Waals surface area contributed by atoms with Gasteiger partial charge in [-0.2, -0.15) is 0 Å². The second-order valence-corrected chi connectivity index (χ2v) is 6.23. The number of unbranched alkanes of at least 4 members (excludes halogenated alkanes) is 1. The van der Waals surface area contributed by atoms with Crippen molar-refractivity contribution in [2.24, 2.45) is 0 Å². The average molecular weight is 309 g/mol. The van der Waals surface area contributed by atoms with Gasteiger partial charge in [0.25, 0.3) is 0 Å². The average Bonchev–Trinajstić information content (AvgIpc) is 2.58. The van der Waals surface area contributed by atoms with Crippen molar-refractivity contribution in [3.63, 3.8) is 0 Å². The molecule has 2 rings (SSSR count). The fraction of sp³-hybridized carbons (Fsp3) is 0.333. The van der Waals surface area contributed by atoms with Gasteiger partial charge < -0.3 is 10.0 Å². The van der Waals surface area contributed by atoms with Crippen molar-refractivity contribution >= 4 is 12.2 Å². The third kappa shape index (κ3) is 6.39. The van der Waals surface area contributed by atoms with E-state index in [9.17, 15) is 5.11 Å². The van der Waals surface area contributed by atoms with Gasteiger partial charge in [0.1, 0.15) is 0 Å². The summed E-state index contributed by atoms with van der Waals surface area (Å²) in [5.41, 5.74) is 3.31. The van der Waals surface area contributed by atoms with E-state index in [2.05, 4.69) is 55.4 Å². The van der Waals surface area contributed by atoms with Gasteiger partial charge in [0.15, 0.2) is 0 Å². The maximum Gasteiger partial charge on any atom is 0.0790 e. The molecule has 0 saturated carbocycles. The summed E-state index contributed by atoms with van der Waals surface area (Å²) in [6.45, 7) is 1.08. The number of aliphatic hydroxyl groups excluding tert-OH is 1. The summed E-state index contributed by atoms with van der Waals surface area (Å²) < 4.78 is 0. The van der Waals surface area contributed by atoms with E-state index in [1.54, 1.807) is 0 Å². The predicted octanol–water partition coefficient (Wildman–Crippen LogP) is 4.62. The largest absolute Gasteiger partial charge is 0.388 e. The van der Waals surface area contributed by atoms with E-state index in [0.29, 0.717) is 0 Å². The van der Waals surface area contributed by atoms with Gasteiger partial charge in [-0.15, -0.1) is 0 Å². The Morgan fingerprint density at radius 1 is 0.913 bits per heavy atom. The molecule has 0 fully saturated rings. The summed E-state index contributed by atoms with van der Waals surface area (Å²) in [6, 6.07) is 18.4. The molecule has 2 aromatic carbocycles. The van der Waals surface area contributed by atoms with Gasteiger partial charge in [-0.05, 0) is 62.7 Å². The zero-order chi connectivity index (χ0) is 16.5. The Bertz CT molecular complexity index is 604. The van der Waals surface area contributed by atoms with Gasteiger partial charge >= 0.3 is 0 Å². The number of hydrogen-bond donors (Lipinski definition) is 1. The summed E-state index contributed by atoms with van der Waals surface area (Å²) in [5.74, 6) is 0. The first-order valence-electron chi connectivity index (χ1n) is 8.31. The predicted molar refractivity (Wildman–Crippen MR) is 99.2 cm³/mol. The molecule has 2 aromatic rings. The van der Waals surface area contributed by atoms with Crippen LogP contribution in [0.1, 0.15) is 42.1 Å². The van der Waals surface area contributed by atoms with Crippen LogP contribution in [0.5, 0.6) is 0 Å². The lowest BCUT2D eigenvalue weighted by molar-refractivity contribution is 0.162. The Kier molecular flexibility index (Phi) is 7.05. The molecule has 1 unspecified atom stereocenters. The number of rotatable bonds is 8. The van der Waals surface area contributed by atoms with Crippen molar-refractivity contribution in [3.05, 3.63) is 71.3 Å². The molecule has 0 aliphatic carbocycles. The Morgan fingerprint density at radius 3 is 2.35 bits per heavy atom. The number of aliphatic hydroxyl groups is 1. The molecular formula is C21H27NO. The van der Waals surface area contributed by atoms with E-state index in [1.165, 1.54) is 5.56 Å². The minimum Gasteiger partial charge on any atom is -0.388 e. The third-order valence-corrected chi connectivity index (χ3v) is 3.90. The number of nitrogens with zero attached hydrogens (tertiary/aromatic N) is 1. The SMILES string of the molecule is CN(C)CCCCC(O)c1cccc(/C=C/c2ccccc2)c1. The molecule has 0 aliphatic heterocycles. The van der Waals surface area contributed by atoms with Crippen molar-refractivity contribution in [1.82, 2.24) is 4.90 Å². The highest BCUT2D eigenvalue weighted by Crippen LogP contribution is 2.21. The quantitative estimate of drug-likeness (QED) is 0.568. The first-order valence-corrected chi connectivity index (χ1v) is 8.31. The molecule has 2 heteroatoms. The molecular weight excluding hydrogens is 282 g/mol. The fourth-order valence-electron chi connectivity index (χ4n) is 2.56. The van der Waals surface area contributed by atoms with Gasteiger partial charge in [0.05, 0.1) is 6.10 Å². The molecule has 23 heavy (non-hydrogen) atoms. The lowest BCUT2D eigenvalue weighted by Crippen LogP contribution is -2.13. The van der Waals surface area contributed by atoms with Gasteiger partial charge in [0, 0.05) is 0 Å². The molecule has 0 aromatic heterocycles. The van der Waals surface area contributed by atoms with Crippen molar-refractivity contribution in [3.8, 4) is 0 Å². The molecule has 1 atom stereocenters. The van der Waals surface area contributed by atoms with Crippen molar-refractivity contribution in [2.45, 2.75) is 25.4 Å². The first-order chi connectivity index (χ1) is 11.1. The van der Waals surface area contributed by atoms with E-state index >= 15 is 0 Å². The second kappa shape index (κ2) is 9.29. The molecule has 0 bridgehead atoms. The minimum atomic E-state index is -0.373. The molecule has 0 heterocycles. The third-order valence-electron chi connectivity index (χ3n) is 3.90. The van der Waals surface area contributed by atoms with Crippen LogP contribution in [0, 0.1) is 0 Å². The molecule has 0 saturated heterocycles. The maximum atomic E-state index is 10.4. The smallest absolute Gasteiger partial charge is 0.0790 e. The molecule has 122 valence electrons. The van der Waals surface area contributed by atoms with Crippen LogP contribution in [0.2, 0.25) is 0 Å².